The number of hydrogen-bond acceptors (Lipinski definition) is 2. The van der Waals surface area contributed by atoms with Crippen molar-refractivity contribution in [1.29, 1.82) is 0 Å². The highest BCUT2D eigenvalue weighted by atomic mass is 15.4. The number of hydrogen-bond donors (Lipinski definition) is 0. The lowest BCUT2D eigenvalue weighted by molar-refractivity contribution is 0.395. The van der Waals surface area contributed by atoms with Gasteiger partial charge >= 0.3 is 0 Å². The Morgan fingerprint density at radius 3 is 1.38 bits per heavy atom. The molecule has 0 spiro atoms. The Kier molecular flexibility index (Phi) is 8.36. The van der Waals surface area contributed by atoms with E-state index in [1.165, 1.54) is 91.3 Å². The molecule has 5 heteroatoms. The first-order chi connectivity index (χ1) is 19.7. The number of aliphatic imine (C=N–C) groups is 2. The van der Waals surface area contributed by atoms with Crippen molar-refractivity contribution in [2.45, 2.75) is 71.1 Å². The van der Waals surface area contributed by atoms with Crippen molar-refractivity contribution < 1.29 is 0 Å². The minimum Gasteiger partial charge on any atom is -0.360 e. The third kappa shape index (κ3) is 5.75. The molecule has 210 valence electrons. The van der Waals surface area contributed by atoms with Crippen LogP contribution in [0.3, 0.4) is 0 Å². The highest BCUT2D eigenvalue weighted by Gasteiger charge is 2.26. The molecule has 0 amide bonds. The molecule has 4 aliphatic rings. The summed E-state index contributed by atoms with van der Waals surface area (Å²) in [6.07, 6.45) is 12.9. The normalized spacial score (nSPS) is 19.6. The standard InChI is InChI=1S/C29H35N5.C6H10/c1-22(32-16-6-7-17-32)30-27-25-14-4-2-12-23(25)24-13-3-5-15-26(24)28(27)31-29(33-18-8-9-19-33)34-20-10-11-21-34;1-6-4-2-3-5-6/h2-5,12-15H,6-11,16-21H2,1H3;1-5H2. The van der Waals surface area contributed by atoms with Gasteiger partial charge in [-0.15, -0.1) is 0 Å². The van der Waals surface area contributed by atoms with Gasteiger partial charge in [-0.3, -0.25) is 0 Å². The lowest BCUT2D eigenvalue weighted by Gasteiger charge is -2.29. The fourth-order valence-electron chi connectivity index (χ4n) is 6.75. The molecule has 4 fully saturated rings. The molecular weight excluding hydrogens is 490 g/mol. The molecule has 0 radical (unpaired) electrons. The third-order valence-corrected chi connectivity index (χ3v) is 9.02. The largest absolute Gasteiger partial charge is 0.360 e. The van der Waals surface area contributed by atoms with Crippen LogP contribution in [0.5, 0.6) is 0 Å². The smallest absolute Gasteiger partial charge is 0.201 e. The van der Waals surface area contributed by atoms with E-state index in [1.54, 1.807) is 0 Å². The van der Waals surface area contributed by atoms with Gasteiger partial charge in [0.1, 0.15) is 11.5 Å². The maximum atomic E-state index is 5.52. The van der Waals surface area contributed by atoms with E-state index in [9.17, 15) is 0 Å². The molecule has 0 N–H and O–H groups in total. The van der Waals surface area contributed by atoms with Crippen molar-refractivity contribution in [2.75, 3.05) is 39.3 Å². The number of allylic oxidation sites excluding steroid dienone is 1. The summed E-state index contributed by atoms with van der Waals surface area (Å²) in [6.45, 7) is 12.6. The molecule has 3 saturated heterocycles. The van der Waals surface area contributed by atoms with Crippen molar-refractivity contribution in [3.8, 4) is 0 Å². The summed E-state index contributed by atoms with van der Waals surface area (Å²) in [5, 5.41) is 4.91. The molecule has 1 saturated carbocycles. The molecule has 0 unspecified atom stereocenters. The topological polar surface area (TPSA) is 34.4 Å². The zero-order valence-electron chi connectivity index (χ0n) is 24.4. The van der Waals surface area contributed by atoms with Crippen LogP contribution in [0.15, 0.2) is 70.7 Å². The van der Waals surface area contributed by atoms with E-state index in [1.807, 2.05) is 0 Å². The Balaban J connectivity index is 0.000000429. The first kappa shape index (κ1) is 26.9. The number of likely N-dealkylation sites (tertiary alicyclic amines) is 3. The lowest BCUT2D eigenvalue weighted by atomic mass is 9.98. The number of rotatable bonds is 2. The van der Waals surface area contributed by atoms with E-state index >= 15 is 0 Å². The Bertz CT molecular complexity index is 1380. The van der Waals surface area contributed by atoms with Crippen molar-refractivity contribution in [3.63, 3.8) is 0 Å². The summed E-state index contributed by atoms with van der Waals surface area (Å²) < 4.78 is 0. The van der Waals surface area contributed by atoms with E-state index in [4.69, 9.17) is 9.98 Å². The van der Waals surface area contributed by atoms with Gasteiger partial charge in [0.15, 0.2) is 0 Å². The molecule has 1 aliphatic carbocycles. The van der Waals surface area contributed by atoms with E-state index in [0.29, 0.717) is 0 Å². The summed E-state index contributed by atoms with van der Waals surface area (Å²) in [4.78, 5) is 18.3. The fourth-order valence-corrected chi connectivity index (χ4v) is 6.75. The van der Waals surface area contributed by atoms with Gasteiger partial charge in [0.05, 0.1) is 5.69 Å². The summed E-state index contributed by atoms with van der Waals surface area (Å²) in [7, 11) is 0. The van der Waals surface area contributed by atoms with E-state index in [0.717, 1.165) is 62.4 Å². The quantitative estimate of drug-likeness (QED) is 0.143. The van der Waals surface area contributed by atoms with Gasteiger partial charge in [0.25, 0.3) is 0 Å². The number of amidine groups is 1. The second-order valence-corrected chi connectivity index (χ2v) is 11.9. The van der Waals surface area contributed by atoms with E-state index in [-0.39, 0.29) is 0 Å². The number of fused-ring (bicyclic) bond motifs is 3. The van der Waals surface area contributed by atoms with Crippen LogP contribution in [0, 0.1) is 0 Å². The van der Waals surface area contributed by atoms with Crippen LogP contribution in [0.2, 0.25) is 0 Å². The van der Waals surface area contributed by atoms with Crippen molar-refractivity contribution in [1.82, 2.24) is 14.7 Å². The monoisotopic (exact) mass is 535 g/mol. The summed E-state index contributed by atoms with van der Waals surface area (Å²) in [6, 6.07) is 17.5. The first-order valence-electron chi connectivity index (χ1n) is 15.7. The van der Waals surface area contributed by atoms with Gasteiger partial charge < -0.3 is 14.7 Å². The molecular formula is C35H45N5. The number of guanidine groups is 1. The average Bonchev–Trinajstić information content (AvgIpc) is 3.82. The summed E-state index contributed by atoms with van der Waals surface area (Å²) >= 11 is 0. The van der Waals surface area contributed by atoms with Gasteiger partial charge in [-0.25, -0.2) is 9.98 Å². The molecule has 3 aromatic rings. The number of benzene rings is 3. The highest BCUT2D eigenvalue weighted by Crippen LogP contribution is 2.44. The van der Waals surface area contributed by atoms with Gasteiger partial charge in [-0.05, 0) is 81.9 Å². The van der Waals surface area contributed by atoms with Gasteiger partial charge in [-0.1, -0.05) is 60.7 Å². The Labute approximate surface area is 240 Å². The molecule has 0 bridgehead atoms. The third-order valence-electron chi connectivity index (χ3n) is 9.02. The predicted octanol–water partition coefficient (Wildman–Crippen LogP) is 8.43. The molecule has 0 aromatic heterocycles. The van der Waals surface area contributed by atoms with Crippen LogP contribution in [0.4, 0.5) is 11.4 Å². The maximum absolute atomic E-state index is 5.52. The zero-order valence-corrected chi connectivity index (χ0v) is 24.4. The van der Waals surface area contributed by atoms with Gasteiger partial charge in [0, 0.05) is 50.0 Å². The predicted molar refractivity (Wildman–Crippen MR) is 171 cm³/mol. The highest BCUT2D eigenvalue weighted by molar-refractivity contribution is 6.20. The van der Waals surface area contributed by atoms with Crippen LogP contribution in [0.1, 0.15) is 71.1 Å². The first-order valence-corrected chi connectivity index (χ1v) is 15.7. The van der Waals surface area contributed by atoms with Crippen LogP contribution in [-0.2, 0) is 0 Å². The molecule has 40 heavy (non-hydrogen) atoms. The Hall–Kier alpha value is -3.34. The van der Waals surface area contributed by atoms with E-state index < -0.39 is 0 Å². The van der Waals surface area contributed by atoms with Crippen LogP contribution in [0.25, 0.3) is 21.5 Å². The maximum Gasteiger partial charge on any atom is 0.201 e. The molecule has 7 rings (SSSR count). The summed E-state index contributed by atoms with van der Waals surface area (Å²) in [5.74, 6) is 2.27. The Morgan fingerprint density at radius 1 is 0.550 bits per heavy atom. The van der Waals surface area contributed by atoms with Crippen LogP contribution < -0.4 is 0 Å². The SMILES string of the molecule is C=C1CCCC1.CC(=Nc1c(N=C(N2CCCC2)N2CCCC2)c2ccccc2c2ccccc12)N1CCCC1. The molecule has 3 aromatic carbocycles. The molecule has 3 heterocycles. The van der Waals surface area contributed by atoms with Crippen LogP contribution >= 0.6 is 0 Å². The second kappa shape index (κ2) is 12.4. The molecule has 3 aliphatic heterocycles. The minimum atomic E-state index is 1.02. The van der Waals surface area contributed by atoms with Gasteiger partial charge in [-0.2, -0.15) is 0 Å². The second-order valence-electron chi connectivity index (χ2n) is 11.9. The molecule has 0 atom stereocenters. The average molecular weight is 536 g/mol. The molecule has 5 nitrogen and oxygen atoms in total. The van der Waals surface area contributed by atoms with Crippen molar-refractivity contribution in [3.05, 3.63) is 60.7 Å². The number of nitrogens with zero attached hydrogens (tertiary/aromatic N) is 5. The van der Waals surface area contributed by atoms with E-state index in [2.05, 4.69) is 76.7 Å². The minimum absolute atomic E-state index is 1.02. The summed E-state index contributed by atoms with van der Waals surface area (Å²) in [5.41, 5.74) is 3.51. The van der Waals surface area contributed by atoms with Crippen molar-refractivity contribution in [2.24, 2.45) is 9.98 Å². The van der Waals surface area contributed by atoms with Crippen LogP contribution in [-0.4, -0.2) is 65.8 Å². The van der Waals surface area contributed by atoms with Crippen molar-refractivity contribution >= 4 is 44.7 Å². The zero-order chi connectivity index (χ0) is 27.3. The lowest BCUT2D eigenvalue weighted by Crippen LogP contribution is -2.41. The fraction of sp³-hybridized carbons (Fsp3) is 0.486. The van der Waals surface area contributed by atoms with Gasteiger partial charge in [0.2, 0.25) is 5.96 Å². The Morgan fingerprint density at radius 2 is 0.950 bits per heavy atom.